The van der Waals surface area contributed by atoms with E-state index in [4.69, 9.17) is 4.74 Å². The number of ether oxygens (including phenoxy) is 1. The normalized spacial score (nSPS) is 18.7. The summed E-state index contributed by atoms with van der Waals surface area (Å²) in [5.74, 6) is 0. The van der Waals surface area contributed by atoms with Crippen LogP contribution in [0, 0.1) is 0 Å². The topological polar surface area (TPSA) is 48.1 Å². The summed E-state index contributed by atoms with van der Waals surface area (Å²) >= 11 is 0. The molecule has 136 valence electrons. The minimum Gasteiger partial charge on any atom is -0.375 e. The average molecular weight is 351 g/mol. The van der Waals surface area contributed by atoms with Gasteiger partial charge >= 0.3 is 0 Å². The molecule has 1 aliphatic heterocycles. The van der Waals surface area contributed by atoms with Crippen LogP contribution in [-0.2, 0) is 24.4 Å². The van der Waals surface area contributed by atoms with Gasteiger partial charge in [-0.1, -0.05) is 24.3 Å². The summed E-state index contributed by atoms with van der Waals surface area (Å²) in [4.78, 5) is 2.50. The number of hydrogen-bond acceptors (Lipinski definition) is 4. The molecule has 6 nitrogen and oxygen atoms in total. The van der Waals surface area contributed by atoms with E-state index in [-0.39, 0.29) is 6.10 Å². The third kappa shape index (κ3) is 4.39. The van der Waals surface area contributed by atoms with E-state index >= 15 is 0 Å². The van der Waals surface area contributed by atoms with E-state index in [2.05, 4.69) is 39.4 Å². The monoisotopic (exact) mass is 351 g/mol. The first kappa shape index (κ1) is 17.0. The molecular weight excluding hydrogens is 326 g/mol. The molecule has 1 saturated heterocycles. The smallest absolute Gasteiger partial charge is 0.0897 e. The summed E-state index contributed by atoms with van der Waals surface area (Å²) in [6, 6.07) is 12.6. The summed E-state index contributed by atoms with van der Waals surface area (Å²) in [5.41, 5.74) is 2.69. The van der Waals surface area contributed by atoms with Crippen molar-refractivity contribution in [3.63, 3.8) is 0 Å². The first-order chi connectivity index (χ1) is 12.9. The van der Waals surface area contributed by atoms with Crippen LogP contribution in [0.15, 0.2) is 61.2 Å². The van der Waals surface area contributed by atoms with Gasteiger partial charge in [-0.05, 0) is 29.7 Å². The quantitative estimate of drug-likeness (QED) is 0.684. The van der Waals surface area contributed by atoms with Crippen molar-refractivity contribution in [1.82, 2.24) is 24.5 Å². The van der Waals surface area contributed by atoms with Gasteiger partial charge in [0.1, 0.15) is 0 Å². The highest BCUT2D eigenvalue weighted by Crippen LogP contribution is 2.16. The molecule has 0 unspecified atom stereocenters. The molecule has 1 aliphatic rings. The summed E-state index contributed by atoms with van der Waals surface area (Å²) in [7, 11) is 0. The molecule has 0 spiro atoms. The lowest BCUT2D eigenvalue weighted by atomic mass is 10.1. The van der Waals surface area contributed by atoms with Crippen molar-refractivity contribution in [2.24, 2.45) is 0 Å². The highest BCUT2D eigenvalue weighted by Gasteiger charge is 2.20. The van der Waals surface area contributed by atoms with Crippen molar-refractivity contribution in [3.8, 4) is 0 Å². The first-order valence-corrected chi connectivity index (χ1v) is 9.22. The molecule has 1 fully saturated rings. The molecule has 3 aromatic rings. The standard InChI is InChI=1S/C20H25N5O/c1-2-7-19(15-24-11-3-8-21-24)18(6-1)14-23-10-5-13-26-20(16-23)17-25-12-4-9-22-25/h1-4,6-9,11-12,20H,5,10,13-17H2/t20-/m0/s1. The van der Waals surface area contributed by atoms with Crippen LogP contribution in [0.4, 0.5) is 0 Å². The Balaban J connectivity index is 1.44. The number of hydrogen-bond donors (Lipinski definition) is 0. The summed E-state index contributed by atoms with van der Waals surface area (Å²) in [5, 5.41) is 8.66. The molecule has 4 rings (SSSR count). The van der Waals surface area contributed by atoms with Gasteiger partial charge in [-0.3, -0.25) is 14.3 Å². The van der Waals surface area contributed by atoms with Crippen molar-refractivity contribution < 1.29 is 4.74 Å². The van der Waals surface area contributed by atoms with E-state index in [1.807, 2.05) is 46.3 Å². The second-order valence-electron chi connectivity index (χ2n) is 6.78. The van der Waals surface area contributed by atoms with Crippen LogP contribution in [0.25, 0.3) is 0 Å². The Labute approximate surface area is 154 Å². The van der Waals surface area contributed by atoms with Gasteiger partial charge < -0.3 is 4.74 Å². The Bertz CT molecular complexity index is 784. The third-order valence-electron chi connectivity index (χ3n) is 4.79. The Morgan fingerprint density at radius 1 is 0.923 bits per heavy atom. The van der Waals surface area contributed by atoms with Gasteiger partial charge in [0.15, 0.2) is 0 Å². The molecule has 1 atom stereocenters. The maximum atomic E-state index is 6.04. The van der Waals surface area contributed by atoms with Crippen molar-refractivity contribution in [2.45, 2.75) is 32.2 Å². The van der Waals surface area contributed by atoms with Crippen LogP contribution in [0.2, 0.25) is 0 Å². The van der Waals surface area contributed by atoms with Gasteiger partial charge in [0, 0.05) is 51.0 Å². The lowest BCUT2D eigenvalue weighted by Crippen LogP contribution is -2.34. The minimum atomic E-state index is 0.177. The first-order valence-electron chi connectivity index (χ1n) is 9.22. The Kier molecular flexibility index (Phi) is 5.42. The van der Waals surface area contributed by atoms with Crippen LogP contribution in [0.1, 0.15) is 17.5 Å². The second-order valence-corrected chi connectivity index (χ2v) is 6.78. The van der Waals surface area contributed by atoms with Gasteiger partial charge in [-0.25, -0.2) is 0 Å². The van der Waals surface area contributed by atoms with Crippen molar-refractivity contribution in [3.05, 3.63) is 72.3 Å². The van der Waals surface area contributed by atoms with E-state index in [0.29, 0.717) is 0 Å². The fraction of sp³-hybridized carbons (Fsp3) is 0.400. The number of rotatable bonds is 6. The average Bonchev–Trinajstić information content (AvgIpc) is 3.30. The molecule has 26 heavy (non-hydrogen) atoms. The largest absolute Gasteiger partial charge is 0.375 e. The Morgan fingerprint density at radius 3 is 2.38 bits per heavy atom. The van der Waals surface area contributed by atoms with Gasteiger partial charge in [-0.15, -0.1) is 0 Å². The highest BCUT2D eigenvalue weighted by atomic mass is 16.5. The molecule has 1 aromatic carbocycles. The zero-order valence-electron chi connectivity index (χ0n) is 14.9. The summed E-state index contributed by atoms with van der Waals surface area (Å²) in [6.45, 7) is 5.36. The van der Waals surface area contributed by atoms with Gasteiger partial charge in [0.05, 0.1) is 19.2 Å². The summed E-state index contributed by atoms with van der Waals surface area (Å²) in [6.07, 6.45) is 8.90. The Hall–Kier alpha value is -2.44. The molecule has 0 amide bonds. The lowest BCUT2D eigenvalue weighted by Gasteiger charge is -2.25. The van der Waals surface area contributed by atoms with Crippen LogP contribution in [0.3, 0.4) is 0 Å². The summed E-state index contributed by atoms with van der Waals surface area (Å²) < 4.78 is 9.98. The van der Waals surface area contributed by atoms with Gasteiger partial charge in [0.2, 0.25) is 0 Å². The van der Waals surface area contributed by atoms with E-state index < -0.39 is 0 Å². The van der Waals surface area contributed by atoms with Gasteiger partial charge in [-0.2, -0.15) is 10.2 Å². The van der Waals surface area contributed by atoms with Crippen molar-refractivity contribution in [2.75, 3.05) is 19.7 Å². The van der Waals surface area contributed by atoms with Crippen molar-refractivity contribution in [1.29, 1.82) is 0 Å². The lowest BCUT2D eigenvalue weighted by molar-refractivity contribution is 0.0391. The molecule has 6 heteroatoms. The number of nitrogens with zero attached hydrogens (tertiary/aromatic N) is 5. The maximum Gasteiger partial charge on any atom is 0.0897 e. The van der Waals surface area contributed by atoms with E-state index in [0.717, 1.165) is 45.8 Å². The highest BCUT2D eigenvalue weighted by molar-refractivity contribution is 5.27. The molecule has 0 N–H and O–H groups in total. The Morgan fingerprint density at radius 2 is 1.65 bits per heavy atom. The van der Waals surface area contributed by atoms with E-state index in [1.165, 1.54) is 11.1 Å². The minimum absolute atomic E-state index is 0.177. The molecular formula is C20H25N5O. The SMILES string of the molecule is c1ccc(Cn2cccn2)c(CN2CCCO[C@H](Cn3cccn3)C2)c1. The van der Waals surface area contributed by atoms with Crippen LogP contribution in [-0.4, -0.2) is 50.3 Å². The predicted octanol–water partition coefficient (Wildman–Crippen LogP) is 2.42. The fourth-order valence-corrected chi connectivity index (χ4v) is 3.52. The van der Waals surface area contributed by atoms with Crippen LogP contribution >= 0.6 is 0 Å². The molecule has 0 radical (unpaired) electrons. The zero-order chi connectivity index (χ0) is 17.6. The van der Waals surface area contributed by atoms with Gasteiger partial charge in [0.25, 0.3) is 0 Å². The number of benzene rings is 1. The maximum absolute atomic E-state index is 6.04. The molecule has 2 aromatic heterocycles. The number of aromatic nitrogens is 4. The molecule has 0 bridgehead atoms. The van der Waals surface area contributed by atoms with Crippen LogP contribution in [0.5, 0.6) is 0 Å². The zero-order valence-corrected chi connectivity index (χ0v) is 14.9. The third-order valence-corrected chi connectivity index (χ3v) is 4.79. The van der Waals surface area contributed by atoms with Crippen LogP contribution < -0.4 is 0 Å². The predicted molar refractivity (Wildman–Crippen MR) is 99.6 cm³/mol. The van der Waals surface area contributed by atoms with E-state index in [9.17, 15) is 0 Å². The second kappa shape index (κ2) is 8.29. The fourth-order valence-electron chi connectivity index (χ4n) is 3.52. The molecule has 0 aliphatic carbocycles. The molecule has 0 saturated carbocycles. The van der Waals surface area contributed by atoms with E-state index in [1.54, 1.807) is 0 Å². The molecule has 3 heterocycles. The van der Waals surface area contributed by atoms with Crippen molar-refractivity contribution >= 4 is 0 Å².